The Morgan fingerprint density at radius 1 is 1.27 bits per heavy atom. The fraction of sp³-hybridized carbons (Fsp3) is 0.462. The molecule has 0 aliphatic heterocycles. The van der Waals surface area contributed by atoms with E-state index in [4.69, 9.17) is 0 Å². The highest BCUT2D eigenvalue weighted by atomic mass is 19.1. The van der Waals surface area contributed by atoms with E-state index in [0.29, 0.717) is 6.54 Å². The van der Waals surface area contributed by atoms with E-state index in [1.54, 1.807) is 24.4 Å². The SMILES string of the molecule is CCC[C@](C)(c1cccc(F)c1)C1(C=CC(=O)NCCCCc2cccnc2)CC1. The standard InChI is InChI=1S/C26H33FN2O/c1-3-13-25(2,22-10-6-11-23(27)19-22)26(15-16-26)14-12-24(30)29-18-5-4-8-21-9-7-17-28-20-21/h6-7,9-12,14,17,19-20H,3-5,8,13,15-16,18H2,1-2H3,(H,29,30)/t25-/m1/s1. The van der Waals surface area contributed by atoms with Crippen molar-refractivity contribution in [3.8, 4) is 0 Å². The molecule has 1 heterocycles. The summed E-state index contributed by atoms with van der Waals surface area (Å²) in [6.07, 6.45) is 14.5. The Balaban J connectivity index is 1.53. The van der Waals surface area contributed by atoms with Crippen molar-refractivity contribution in [3.63, 3.8) is 0 Å². The third-order valence-electron chi connectivity index (χ3n) is 6.57. The number of amides is 1. The maximum atomic E-state index is 13.9. The van der Waals surface area contributed by atoms with E-state index in [2.05, 4.69) is 36.3 Å². The van der Waals surface area contributed by atoms with Crippen LogP contribution in [0, 0.1) is 11.2 Å². The van der Waals surface area contributed by atoms with Gasteiger partial charge < -0.3 is 5.32 Å². The van der Waals surface area contributed by atoms with E-state index in [-0.39, 0.29) is 22.6 Å². The van der Waals surface area contributed by atoms with Crippen LogP contribution in [-0.2, 0) is 16.6 Å². The van der Waals surface area contributed by atoms with Crippen molar-refractivity contribution in [1.29, 1.82) is 0 Å². The molecular weight excluding hydrogens is 375 g/mol. The van der Waals surface area contributed by atoms with Crippen molar-refractivity contribution in [3.05, 3.63) is 77.9 Å². The normalized spacial score (nSPS) is 16.9. The summed E-state index contributed by atoms with van der Waals surface area (Å²) in [6, 6.07) is 11.0. The minimum atomic E-state index is -0.196. The molecule has 1 aromatic heterocycles. The Bertz CT molecular complexity index is 860. The van der Waals surface area contributed by atoms with Gasteiger partial charge in [-0.05, 0) is 79.3 Å². The number of allylic oxidation sites excluding steroid dienone is 1. The predicted molar refractivity (Wildman–Crippen MR) is 120 cm³/mol. The second-order valence-corrected chi connectivity index (χ2v) is 8.69. The summed E-state index contributed by atoms with van der Waals surface area (Å²) in [6.45, 7) is 5.06. The minimum absolute atomic E-state index is 0.0410. The first kappa shape index (κ1) is 22.2. The molecule has 1 fully saturated rings. The van der Waals surface area contributed by atoms with Gasteiger partial charge in [0.25, 0.3) is 0 Å². The summed E-state index contributed by atoms with van der Waals surface area (Å²) in [5, 5.41) is 3.00. The zero-order valence-electron chi connectivity index (χ0n) is 18.2. The summed E-state index contributed by atoms with van der Waals surface area (Å²) in [5.74, 6) is -0.237. The highest BCUT2D eigenvalue weighted by Crippen LogP contribution is 2.62. The number of hydrogen-bond donors (Lipinski definition) is 1. The number of rotatable bonds is 11. The van der Waals surface area contributed by atoms with Crippen molar-refractivity contribution in [2.45, 2.75) is 64.2 Å². The Morgan fingerprint density at radius 3 is 2.77 bits per heavy atom. The van der Waals surface area contributed by atoms with Gasteiger partial charge in [-0.3, -0.25) is 9.78 Å². The van der Waals surface area contributed by atoms with Crippen LogP contribution in [0.25, 0.3) is 0 Å². The van der Waals surface area contributed by atoms with Gasteiger partial charge in [0.15, 0.2) is 0 Å². The first-order valence-electron chi connectivity index (χ1n) is 11.1. The van der Waals surface area contributed by atoms with Gasteiger partial charge in [0.2, 0.25) is 5.91 Å². The zero-order valence-corrected chi connectivity index (χ0v) is 18.2. The molecule has 2 aromatic rings. The topological polar surface area (TPSA) is 42.0 Å². The molecular formula is C26H33FN2O. The lowest BCUT2D eigenvalue weighted by Gasteiger charge is -2.37. The van der Waals surface area contributed by atoms with Crippen molar-refractivity contribution in [2.75, 3.05) is 6.54 Å². The zero-order chi connectivity index (χ0) is 21.5. The molecule has 30 heavy (non-hydrogen) atoms. The molecule has 1 aromatic carbocycles. The van der Waals surface area contributed by atoms with Crippen LogP contribution in [0.4, 0.5) is 4.39 Å². The fourth-order valence-corrected chi connectivity index (χ4v) is 4.56. The smallest absolute Gasteiger partial charge is 0.243 e. The van der Waals surface area contributed by atoms with E-state index in [9.17, 15) is 9.18 Å². The second-order valence-electron chi connectivity index (χ2n) is 8.69. The number of nitrogens with one attached hydrogen (secondary N) is 1. The van der Waals surface area contributed by atoms with Crippen molar-refractivity contribution in [2.24, 2.45) is 5.41 Å². The highest BCUT2D eigenvalue weighted by Gasteiger charge is 2.55. The first-order chi connectivity index (χ1) is 14.5. The molecule has 160 valence electrons. The monoisotopic (exact) mass is 408 g/mol. The van der Waals surface area contributed by atoms with Gasteiger partial charge in [-0.1, -0.05) is 44.5 Å². The number of hydrogen-bond acceptors (Lipinski definition) is 2. The van der Waals surface area contributed by atoms with Crippen LogP contribution in [0.2, 0.25) is 0 Å². The maximum absolute atomic E-state index is 13.9. The predicted octanol–water partition coefficient (Wildman–Crippen LogP) is 5.75. The van der Waals surface area contributed by atoms with Crippen LogP contribution in [0.5, 0.6) is 0 Å². The number of aromatic nitrogens is 1. The summed E-state index contributed by atoms with van der Waals surface area (Å²) < 4.78 is 13.9. The molecule has 0 spiro atoms. The lowest BCUT2D eigenvalue weighted by molar-refractivity contribution is -0.116. The number of nitrogens with zero attached hydrogens (tertiary/aromatic N) is 1. The lowest BCUT2D eigenvalue weighted by Crippen LogP contribution is -2.33. The van der Waals surface area contributed by atoms with Crippen LogP contribution < -0.4 is 5.32 Å². The third-order valence-corrected chi connectivity index (χ3v) is 6.57. The van der Waals surface area contributed by atoms with E-state index in [0.717, 1.165) is 50.5 Å². The van der Waals surface area contributed by atoms with Crippen LogP contribution in [0.15, 0.2) is 60.9 Å². The van der Waals surface area contributed by atoms with E-state index in [1.807, 2.05) is 18.3 Å². The summed E-state index contributed by atoms with van der Waals surface area (Å²) in [4.78, 5) is 16.5. The molecule has 0 radical (unpaired) electrons. The van der Waals surface area contributed by atoms with Gasteiger partial charge in [0.1, 0.15) is 5.82 Å². The Hall–Kier alpha value is -2.49. The molecule has 1 amide bonds. The Morgan fingerprint density at radius 2 is 2.10 bits per heavy atom. The third kappa shape index (κ3) is 5.35. The Labute approximate surface area is 179 Å². The van der Waals surface area contributed by atoms with E-state index < -0.39 is 0 Å². The maximum Gasteiger partial charge on any atom is 0.243 e. The molecule has 1 saturated carbocycles. The van der Waals surface area contributed by atoms with Crippen LogP contribution in [-0.4, -0.2) is 17.4 Å². The highest BCUT2D eigenvalue weighted by molar-refractivity contribution is 5.87. The summed E-state index contributed by atoms with van der Waals surface area (Å²) in [5.41, 5.74) is 2.04. The molecule has 3 rings (SSSR count). The average molecular weight is 409 g/mol. The largest absolute Gasteiger partial charge is 0.353 e. The molecule has 0 unspecified atom stereocenters. The van der Waals surface area contributed by atoms with E-state index in [1.165, 1.54) is 11.6 Å². The minimum Gasteiger partial charge on any atom is -0.353 e. The van der Waals surface area contributed by atoms with Crippen LogP contribution in [0.3, 0.4) is 0 Å². The van der Waals surface area contributed by atoms with Crippen LogP contribution in [0.1, 0.15) is 63.5 Å². The molecule has 1 aliphatic rings. The molecule has 4 heteroatoms. The van der Waals surface area contributed by atoms with Gasteiger partial charge in [-0.15, -0.1) is 0 Å². The van der Waals surface area contributed by atoms with Gasteiger partial charge in [0.05, 0.1) is 0 Å². The number of carbonyl (C=O) groups excluding carboxylic acids is 1. The molecule has 1 N–H and O–H groups in total. The number of pyridine rings is 1. The average Bonchev–Trinajstić information content (AvgIpc) is 3.55. The molecule has 0 bridgehead atoms. The van der Waals surface area contributed by atoms with Crippen molar-refractivity contribution >= 4 is 5.91 Å². The summed E-state index contributed by atoms with van der Waals surface area (Å²) in [7, 11) is 0. The number of benzene rings is 1. The van der Waals surface area contributed by atoms with Gasteiger partial charge in [-0.2, -0.15) is 0 Å². The number of unbranched alkanes of at least 4 members (excludes halogenated alkanes) is 1. The number of carbonyl (C=O) groups is 1. The number of aryl methyl sites for hydroxylation is 1. The lowest BCUT2D eigenvalue weighted by atomic mass is 9.66. The molecule has 1 aliphatic carbocycles. The van der Waals surface area contributed by atoms with Gasteiger partial charge >= 0.3 is 0 Å². The van der Waals surface area contributed by atoms with E-state index >= 15 is 0 Å². The molecule has 0 saturated heterocycles. The summed E-state index contributed by atoms with van der Waals surface area (Å²) >= 11 is 0. The second kappa shape index (κ2) is 10.0. The molecule has 1 atom stereocenters. The van der Waals surface area contributed by atoms with Gasteiger partial charge in [-0.25, -0.2) is 4.39 Å². The fourth-order valence-electron chi connectivity index (χ4n) is 4.56. The van der Waals surface area contributed by atoms with Crippen molar-refractivity contribution < 1.29 is 9.18 Å². The van der Waals surface area contributed by atoms with Gasteiger partial charge in [0, 0.05) is 24.4 Å². The number of halogens is 1. The first-order valence-corrected chi connectivity index (χ1v) is 11.1. The van der Waals surface area contributed by atoms with Crippen LogP contribution >= 0.6 is 0 Å². The van der Waals surface area contributed by atoms with Crippen molar-refractivity contribution in [1.82, 2.24) is 10.3 Å². The Kier molecular flexibility index (Phi) is 7.41. The quantitative estimate of drug-likeness (QED) is 0.380. The molecule has 3 nitrogen and oxygen atoms in total.